The number of hydrogen-bond acceptors (Lipinski definition) is 2. The first kappa shape index (κ1) is 20.8. The minimum Gasteiger partial charge on any atom is -0.507 e. The van der Waals surface area contributed by atoms with Gasteiger partial charge in [-0.15, -0.1) is 0 Å². The van der Waals surface area contributed by atoms with E-state index in [0.717, 1.165) is 33.4 Å². The molecule has 2 N–H and O–H groups in total. The number of aryl methyl sites for hydroxylation is 1. The monoisotopic (exact) mass is 356 g/mol. The van der Waals surface area contributed by atoms with Crippen LogP contribution >= 0.6 is 0 Å². The maximum atomic E-state index is 11.3. The molecule has 0 radical (unpaired) electrons. The van der Waals surface area contributed by atoms with Crippen molar-refractivity contribution in [1.29, 1.82) is 0 Å². The van der Waals surface area contributed by atoms with E-state index in [4.69, 9.17) is 0 Å². The van der Waals surface area contributed by atoms with E-state index < -0.39 is 6.10 Å². The molecular formula is C24H36O2. The predicted molar refractivity (Wildman–Crippen MR) is 111 cm³/mol. The van der Waals surface area contributed by atoms with Gasteiger partial charge in [-0.3, -0.25) is 0 Å². The average molecular weight is 357 g/mol. The molecule has 0 aromatic heterocycles. The predicted octanol–water partition coefficient (Wildman–Crippen LogP) is 6.07. The van der Waals surface area contributed by atoms with Crippen LogP contribution in [0.5, 0.6) is 5.75 Å². The molecule has 1 aromatic rings. The van der Waals surface area contributed by atoms with Crippen molar-refractivity contribution in [2.75, 3.05) is 0 Å². The van der Waals surface area contributed by atoms with Crippen LogP contribution in [0.4, 0.5) is 0 Å². The lowest BCUT2D eigenvalue weighted by molar-refractivity contribution is 0.162. The van der Waals surface area contributed by atoms with E-state index in [1.807, 2.05) is 0 Å². The Hall–Kier alpha value is -1.54. The zero-order valence-corrected chi connectivity index (χ0v) is 18.2. The molecule has 0 bridgehead atoms. The van der Waals surface area contributed by atoms with Gasteiger partial charge in [0.2, 0.25) is 0 Å². The maximum absolute atomic E-state index is 11.3. The Kier molecular flexibility index (Phi) is 5.24. The molecule has 144 valence electrons. The number of hydrogen-bond donors (Lipinski definition) is 2. The summed E-state index contributed by atoms with van der Waals surface area (Å²) in [6.45, 7) is 21.1. The van der Waals surface area contributed by atoms with Gasteiger partial charge in [0.1, 0.15) is 5.75 Å². The highest BCUT2D eigenvalue weighted by atomic mass is 16.3. The second kappa shape index (κ2) is 6.56. The number of aromatic hydroxyl groups is 1. The van der Waals surface area contributed by atoms with Gasteiger partial charge in [-0.05, 0) is 60.8 Å². The fourth-order valence-electron chi connectivity index (χ4n) is 4.01. The first-order valence-electron chi connectivity index (χ1n) is 9.59. The molecule has 0 saturated heterocycles. The first-order valence-corrected chi connectivity index (χ1v) is 9.59. The lowest BCUT2D eigenvalue weighted by Crippen LogP contribution is -2.32. The summed E-state index contributed by atoms with van der Waals surface area (Å²) in [5.41, 5.74) is 7.12. The summed E-state index contributed by atoms with van der Waals surface area (Å²) in [6, 6.07) is 2.09. The molecule has 1 aliphatic carbocycles. The molecule has 2 atom stereocenters. The van der Waals surface area contributed by atoms with Crippen LogP contribution in [0.25, 0.3) is 0 Å². The molecular weight excluding hydrogens is 320 g/mol. The van der Waals surface area contributed by atoms with Gasteiger partial charge in [-0.2, -0.15) is 0 Å². The van der Waals surface area contributed by atoms with E-state index in [9.17, 15) is 10.2 Å². The van der Waals surface area contributed by atoms with Gasteiger partial charge in [0.15, 0.2) is 0 Å². The molecule has 2 heteroatoms. The maximum Gasteiger partial charge on any atom is 0.123 e. The Balaban J connectivity index is 2.80. The van der Waals surface area contributed by atoms with Crippen molar-refractivity contribution in [3.8, 4) is 5.75 Å². The van der Waals surface area contributed by atoms with Crippen molar-refractivity contribution in [2.45, 2.75) is 86.7 Å². The zero-order valence-electron chi connectivity index (χ0n) is 18.2. The highest BCUT2D eigenvalue weighted by Gasteiger charge is 2.38. The number of benzene rings is 1. The molecule has 0 amide bonds. The molecule has 1 aliphatic rings. The van der Waals surface area contributed by atoms with Gasteiger partial charge in [0.05, 0.1) is 6.10 Å². The summed E-state index contributed by atoms with van der Waals surface area (Å²) >= 11 is 0. The van der Waals surface area contributed by atoms with Gasteiger partial charge in [0.25, 0.3) is 0 Å². The summed E-state index contributed by atoms with van der Waals surface area (Å²) in [5, 5.41) is 22.6. The molecule has 1 unspecified atom stereocenters. The van der Waals surface area contributed by atoms with Crippen LogP contribution in [0.1, 0.15) is 83.6 Å². The summed E-state index contributed by atoms with van der Waals surface area (Å²) in [6.07, 6.45) is 1.50. The third-order valence-electron chi connectivity index (χ3n) is 5.95. The third-order valence-corrected chi connectivity index (χ3v) is 5.95. The Labute approximate surface area is 159 Å². The largest absolute Gasteiger partial charge is 0.507 e. The SMILES string of the molecule is CC1=C(C)C(c2c(C)c(C)cc(C(C)(C)C)c2O)[C@@H](O)C(C(C)(C)C)=C1. The number of rotatable bonds is 1. The van der Waals surface area contributed by atoms with Crippen molar-refractivity contribution in [1.82, 2.24) is 0 Å². The van der Waals surface area contributed by atoms with Crippen LogP contribution in [0.3, 0.4) is 0 Å². The highest BCUT2D eigenvalue weighted by molar-refractivity contribution is 5.58. The minimum atomic E-state index is -0.627. The van der Waals surface area contributed by atoms with Crippen LogP contribution < -0.4 is 0 Å². The first-order chi connectivity index (χ1) is 11.7. The Bertz CT molecular complexity index is 780. The average Bonchev–Trinajstić information content (AvgIpc) is 2.47. The minimum absolute atomic E-state index is 0.125. The van der Waals surface area contributed by atoms with Gasteiger partial charge >= 0.3 is 0 Å². The summed E-state index contributed by atoms with van der Waals surface area (Å²) in [7, 11) is 0. The second-order valence-corrected chi connectivity index (χ2v) is 10.0. The molecule has 0 saturated carbocycles. The van der Waals surface area contributed by atoms with E-state index in [1.165, 1.54) is 5.57 Å². The normalized spacial score (nSPS) is 21.9. The number of aliphatic hydroxyl groups is 1. The topological polar surface area (TPSA) is 40.5 Å². The summed E-state index contributed by atoms with van der Waals surface area (Å²) < 4.78 is 0. The quantitative estimate of drug-likeness (QED) is 0.641. The van der Waals surface area contributed by atoms with Gasteiger partial charge in [-0.1, -0.05) is 64.8 Å². The fourth-order valence-corrected chi connectivity index (χ4v) is 4.01. The van der Waals surface area contributed by atoms with Crippen LogP contribution in [0.15, 0.2) is 28.9 Å². The number of allylic oxidation sites excluding steroid dienone is 2. The van der Waals surface area contributed by atoms with Crippen LogP contribution in [-0.2, 0) is 5.41 Å². The Morgan fingerprint density at radius 2 is 1.42 bits per heavy atom. The lowest BCUT2D eigenvalue weighted by Gasteiger charge is -2.39. The highest BCUT2D eigenvalue weighted by Crippen LogP contribution is 2.49. The van der Waals surface area contributed by atoms with Crippen molar-refractivity contribution < 1.29 is 10.2 Å². The number of phenols is 1. The molecule has 0 heterocycles. The zero-order chi connectivity index (χ0) is 20.2. The number of phenolic OH excluding ortho intramolecular Hbond substituents is 1. The second-order valence-electron chi connectivity index (χ2n) is 10.0. The van der Waals surface area contributed by atoms with Crippen molar-refractivity contribution in [3.05, 3.63) is 51.1 Å². The molecule has 1 aromatic carbocycles. The standard InChI is InChI=1S/C24H36O2/c1-13-11-17(23(5,6)7)21(25)19(15(13)3)20-16(4)14(2)12-18(22(20)26)24(8,9)10/h11-12,19,21,25-26H,1-10H3/t19?,21-/m0/s1. The molecule has 2 nitrogen and oxygen atoms in total. The molecule has 0 spiro atoms. The van der Waals surface area contributed by atoms with Crippen molar-refractivity contribution in [2.24, 2.45) is 5.41 Å². The molecule has 26 heavy (non-hydrogen) atoms. The van der Waals surface area contributed by atoms with Gasteiger partial charge in [0, 0.05) is 11.5 Å². The van der Waals surface area contributed by atoms with Crippen molar-refractivity contribution in [3.63, 3.8) is 0 Å². The molecule has 0 fully saturated rings. The smallest absolute Gasteiger partial charge is 0.123 e. The molecule has 0 aliphatic heterocycles. The third kappa shape index (κ3) is 3.49. The lowest BCUT2D eigenvalue weighted by atomic mass is 9.68. The Morgan fingerprint density at radius 1 is 0.885 bits per heavy atom. The van der Waals surface area contributed by atoms with E-state index in [2.05, 4.69) is 81.4 Å². The van der Waals surface area contributed by atoms with Crippen LogP contribution in [0.2, 0.25) is 0 Å². The summed E-state index contributed by atoms with van der Waals surface area (Å²) in [4.78, 5) is 0. The van der Waals surface area contributed by atoms with E-state index in [1.54, 1.807) is 0 Å². The van der Waals surface area contributed by atoms with Gasteiger partial charge in [-0.25, -0.2) is 0 Å². The van der Waals surface area contributed by atoms with E-state index >= 15 is 0 Å². The fraction of sp³-hybridized carbons (Fsp3) is 0.583. The van der Waals surface area contributed by atoms with Gasteiger partial charge < -0.3 is 10.2 Å². The van der Waals surface area contributed by atoms with Crippen LogP contribution in [-0.4, -0.2) is 16.3 Å². The van der Waals surface area contributed by atoms with E-state index in [-0.39, 0.29) is 16.7 Å². The molecule has 2 rings (SSSR count). The van der Waals surface area contributed by atoms with E-state index in [0.29, 0.717) is 5.75 Å². The Morgan fingerprint density at radius 3 is 1.88 bits per heavy atom. The number of aliphatic hydroxyl groups excluding tert-OH is 1. The summed E-state index contributed by atoms with van der Waals surface area (Å²) in [5.74, 6) is 0.127. The van der Waals surface area contributed by atoms with Crippen LogP contribution in [0, 0.1) is 19.3 Å². The van der Waals surface area contributed by atoms with Crippen molar-refractivity contribution >= 4 is 0 Å².